The SMILES string of the molecule is COc1c(CC(NC(=O)C2CCCN2C(=O)OC(C)(C)C)B2OC3CC4CC(C4(C)C)C3(C)O2)cccc1C(=O)OC(C)(C)C. The maximum atomic E-state index is 14.0. The molecule has 248 valence electrons. The van der Waals surface area contributed by atoms with E-state index in [2.05, 4.69) is 26.1 Å². The average Bonchev–Trinajstić information content (AvgIpc) is 3.55. The van der Waals surface area contributed by atoms with Gasteiger partial charge in [-0.1, -0.05) is 26.0 Å². The molecule has 2 heterocycles. The second-order valence-corrected chi connectivity index (χ2v) is 16.0. The minimum atomic E-state index is -0.731. The van der Waals surface area contributed by atoms with E-state index < -0.39 is 48.0 Å². The van der Waals surface area contributed by atoms with Crippen molar-refractivity contribution in [3.63, 3.8) is 0 Å². The van der Waals surface area contributed by atoms with Crippen molar-refractivity contribution in [3.05, 3.63) is 29.3 Å². The number of carbonyl (C=O) groups excluding carboxylic acids is 3. The highest BCUT2D eigenvalue weighted by molar-refractivity contribution is 6.48. The fourth-order valence-electron chi connectivity index (χ4n) is 7.86. The van der Waals surface area contributed by atoms with Crippen LogP contribution in [0.5, 0.6) is 5.75 Å². The topological polar surface area (TPSA) is 113 Å². The second-order valence-electron chi connectivity index (χ2n) is 16.0. The third-order valence-electron chi connectivity index (χ3n) is 10.2. The lowest BCUT2D eigenvalue weighted by atomic mass is 9.43. The van der Waals surface area contributed by atoms with Gasteiger partial charge in [-0.05, 0) is 109 Å². The van der Waals surface area contributed by atoms with Crippen molar-refractivity contribution in [3.8, 4) is 5.75 Å². The van der Waals surface area contributed by atoms with E-state index in [-0.39, 0.29) is 23.8 Å². The van der Waals surface area contributed by atoms with E-state index in [1.54, 1.807) is 12.1 Å². The molecule has 3 saturated carbocycles. The third-order valence-corrected chi connectivity index (χ3v) is 10.2. The van der Waals surface area contributed by atoms with Gasteiger partial charge in [0.25, 0.3) is 0 Å². The number of para-hydroxylation sites is 1. The summed E-state index contributed by atoms with van der Waals surface area (Å²) >= 11 is 0. The van der Waals surface area contributed by atoms with Gasteiger partial charge in [-0.15, -0.1) is 0 Å². The van der Waals surface area contributed by atoms with Gasteiger partial charge in [0.15, 0.2) is 0 Å². The van der Waals surface area contributed by atoms with Crippen molar-refractivity contribution in [2.75, 3.05) is 13.7 Å². The second kappa shape index (κ2) is 11.8. The molecule has 0 aromatic heterocycles. The molecule has 1 N–H and O–H groups in total. The van der Waals surface area contributed by atoms with E-state index in [9.17, 15) is 14.4 Å². The molecule has 2 saturated heterocycles. The zero-order valence-electron chi connectivity index (χ0n) is 28.7. The van der Waals surface area contributed by atoms with Crippen LogP contribution in [0.1, 0.15) is 104 Å². The smallest absolute Gasteiger partial charge is 0.482 e. The largest absolute Gasteiger partial charge is 0.496 e. The number of nitrogens with zero attached hydrogens (tertiary/aromatic N) is 1. The number of esters is 1. The first kappa shape index (κ1) is 33.6. The first-order valence-corrected chi connectivity index (χ1v) is 16.4. The summed E-state index contributed by atoms with van der Waals surface area (Å²) in [6.07, 6.45) is 2.92. The van der Waals surface area contributed by atoms with Gasteiger partial charge in [-0.2, -0.15) is 0 Å². The molecule has 6 rings (SSSR count). The lowest BCUT2D eigenvalue weighted by molar-refractivity contribution is -0.199. The molecule has 0 radical (unpaired) electrons. The first-order chi connectivity index (χ1) is 20.8. The Hall–Kier alpha value is -2.79. The molecule has 1 aromatic carbocycles. The lowest BCUT2D eigenvalue weighted by Crippen LogP contribution is -2.65. The summed E-state index contributed by atoms with van der Waals surface area (Å²) in [4.78, 5) is 41.6. The molecule has 5 aliphatic rings. The van der Waals surface area contributed by atoms with Crippen molar-refractivity contribution in [1.29, 1.82) is 0 Å². The number of likely N-dealkylation sites (tertiary alicyclic amines) is 1. The fourth-order valence-corrected chi connectivity index (χ4v) is 7.86. The number of rotatable bonds is 7. The van der Waals surface area contributed by atoms with Gasteiger partial charge in [0.1, 0.15) is 28.6 Å². The minimum Gasteiger partial charge on any atom is -0.496 e. The van der Waals surface area contributed by atoms with Gasteiger partial charge < -0.3 is 28.8 Å². The first-order valence-electron chi connectivity index (χ1n) is 16.4. The van der Waals surface area contributed by atoms with Crippen LogP contribution in [0.15, 0.2) is 18.2 Å². The van der Waals surface area contributed by atoms with Crippen molar-refractivity contribution in [1.82, 2.24) is 10.2 Å². The molecule has 6 unspecified atom stereocenters. The Labute approximate surface area is 268 Å². The van der Waals surface area contributed by atoms with Crippen LogP contribution in [0.25, 0.3) is 0 Å². The molecule has 2 bridgehead atoms. The average molecular weight is 627 g/mol. The van der Waals surface area contributed by atoms with Gasteiger partial charge in [0, 0.05) is 6.54 Å². The Morgan fingerprint density at radius 1 is 1.07 bits per heavy atom. The van der Waals surface area contributed by atoms with Crippen molar-refractivity contribution < 1.29 is 37.9 Å². The fraction of sp³-hybridized carbons (Fsp3) is 0.735. The van der Waals surface area contributed by atoms with Crippen LogP contribution in [-0.2, 0) is 30.0 Å². The molecule has 10 nitrogen and oxygen atoms in total. The zero-order valence-corrected chi connectivity index (χ0v) is 28.7. The number of nitrogens with one attached hydrogen (secondary N) is 1. The van der Waals surface area contributed by atoms with E-state index in [0.29, 0.717) is 48.1 Å². The van der Waals surface area contributed by atoms with Crippen LogP contribution in [-0.4, -0.2) is 78.5 Å². The predicted octanol–water partition coefficient (Wildman–Crippen LogP) is 5.34. The molecule has 5 fully saturated rings. The maximum Gasteiger partial charge on any atom is 0.482 e. The quantitative estimate of drug-likeness (QED) is 0.319. The number of amides is 2. The summed E-state index contributed by atoms with van der Waals surface area (Å²) < 4.78 is 30.5. The number of hydrogen-bond donors (Lipinski definition) is 1. The maximum absolute atomic E-state index is 14.0. The highest BCUT2D eigenvalue weighted by Gasteiger charge is 2.68. The van der Waals surface area contributed by atoms with Crippen LogP contribution < -0.4 is 10.1 Å². The van der Waals surface area contributed by atoms with Crippen LogP contribution in [0.4, 0.5) is 4.79 Å². The summed E-state index contributed by atoms with van der Waals surface area (Å²) in [5.74, 6) is -0.103. The number of carbonyl (C=O) groups is 3. The number of hydrogen-bond acceptors (Lipinski definition) is 8. The van der Waals surface area contributed by atoms with E-state index in [1.165, 1.54) is 12.0 Å². The monoisotopic (exact) mass is 626 g/mol. The molecule has 1 aromatic rings. The molecule has 11 heteroatoms. The van der Waals surface area contributed by atoms with Gasteiger partial charge in [0.2, 0.25) is 5.91 Å². The van der Waals surface area contributed by atoms with E-state index in [0.717, 1.165) is 12.8 Å². The molecule has 45 heavy (non-hydrogen) atoms. The highest BCUT2D eigenvalue weighted by atomic mass is 16.7. The summed E-state index contributed by atoms with van der Waals surface area (Å²) in [5.41, 5.74) is -0.668. The van der Waals surface area contributed by atoms with Crippen LogP contribution in [0.2, 0.25) is 0 Å². The molecule has 0 spiro atoms. The van der Waals surface area contributed by atoms with Crippen molar-refractivity contribution >= 4 is 25.1 Å². The number of ether oxygens (including phenoxy) is 3. The Balaban J connectivity index is 1.43. The standard InChI is InChI=1S/C34H51BN2O8/c1-31(2,3)42-29(39)22-14-11-13-20(27(22)41-10)17-26(35-44-25-19-21-18-24(33(21,7)8)34(25,9)45-35)36-28(38)23-15-12-16-37(23)30(40)43-32(4,5)6/h11,13-14,21,23-26H,12,15-19H2,1-10H3,(H,36,38). The third kappa shape index (κ3) is 6.57. The van der Waals surface area contributed by atoms with E-state index >= 15 is 0 Å². The molecule has 2 amide bonds. The normalized spacial score (nSPS) is 29.4. The summed E-state index contributed by atoms with van der Waals surface area (Å²) in [7, 11) is 0.788. The lowest BCUT2D eigenvalue weighted by Gasteiger charge is -2.64. The summed E-state index contributed by atoms with van der Waals surface area (Å²) in [5, 5.41) is 3.20. The Kier molecular flexibility index (Phi) is 8.79. The molecule has 3 aliphatic carbocycles. The van der Waals surface area contributed by atoms with E-state index in [1.807, 2.05) is 47.6 Å². The van der Waals surface area contributed by atoms with Crippen LogP contribution >= 0.6 is 0 Å². The van der Waals surface area contributed by atoms with Crippen molar-refractivity contribution in [2.24, 2.45) is 17.3 Å². The Morgan fingerprint density at radius 3 is 2.38 bits per heavy atom. The predicted molar refractivity (Wildman–Crippen MR) is 170 cm³/mol. The Bertz CT molecular complexity index is 1320. The van der Waals surface area contributed by atoms with Gasteiger partial charge >= 0.3 is 19.2 Å². The number of methoxy groups -OCH3 is 1. The molecular weight excluding hydrogens is 575 g/mol. The van der Waals surface area contributed by atoms with Crippen LogP contribution in [0.3, 0.4) is 0 Å². The van der Waals surface area contributed by atoms with Crippen LogP contribution in [0, 0.1) is 17.3 Å². The van der Waals surface area contributed by atoms with Gasteiger partial charge in [-0.3, -0.25) is 9.69 Å². The molecular formula is C34H51BN2O8. The molecule has 2 aliphatic heterocycles. The van der Waals surface area contributed by atoms with E-state index in [4.69, 9.17) is 23.5 Å². The molecule has 6 atom stereocenters. The Morgan fingerprint density at radius 2 is 1.76 bits per heavy atom. The number of benzene rings is 1. The van der Waals surface area contributed by atoms with Gasteiger partial charge in [0.05, 0.1) is 24.8 Å². The summed E-state index contributed by atoms with van der Waals surface area (Å²) in [6, 6.07) is 4.65. The van der Waals surface area contributed by atoms with Gasteiger partial charge in [-0.25, -0.2) is 9.59 Å². The summed E-state index contributed by atoms with van der Waals surface area (Å²) in [6.45, 7) is 18.1. The van der Waals surface area contributed by atoms with Crippen molar-refractivity contribution in [2.45, 2.75) is 129 Å². The highest BCUT2D eigenvalue weighted by Crippen LogP contribution is 2.65. The zero-order chi connectivity index (χ0) is 33.1. The minimum absolute atomic E-state index is 0.0848.